The maximum atomic E-state index is 12.5. The summed E-state index contributed by atoms with van der Waals surface area (Å²) in [6.07, 6.45) is 6.22. The molecule has 3 rings (SSSR count). The summed E-state index contributed by atoms with van der Waals surface area (Å²) in [7, 11) is -3.87. The second kappa shape index (κ2) is 6.04. The van der Waals surface area contributed by atoms with Gasteiger partial charge >= 0.3 is 0 Å². The third kappa shape index (κ3) is 2.97. The summed E-state index contributed by atoms with van der Waals surface area (Å²) in [5, 5.41) is 0.522. The predicted octanol–water partition coefficient (Wildman–Crippen LogP) is 2.62. The SMILES string of the molecule is O=C(NS(=O)(=O)c1cccc2ncccc12)C1CCCCC1. The third-order valence-corrected chi connectivity index (χ3v) is 5.51. The van der Waals surface area contributed by atoms with Crippen LogP contribution in [-0.2, 0) is 14.8 Å². The molecule has 1 aromatic carbocycles. The molecule has 1 fully saturated rings. The Bertz CT molecular complexity index is 791. The summed E-state index contributed by atoms with van der Waals surface area (Å²) in [4.78, 5) is 16.5. The van der Waals surface area contributed by atoms with Gasteiger partial charge in [0, 0.05) is 17.5 Å². The fraction of sp³-hybridized carbons (Fsp3) is 0.375. The normalized spacial score (nSPS) is 16.5. The van der Waals surface area contributed by atoms with Crippen LogP contribution in [0.2, 0.25) is 0 Å². The van der Waals surface area contributed by atoms with Gasteiger partial charge < -0.3 is 0 Å². The second-order valence-electron chi connectivity index (χ2n) is 5.63. The van der Waals surface area contributed by atoms with Crippen molar-refractivity contribution in [2.24, 2.45) is 5.92 Å². The maximum absolute atomic E-state index is 12.5. The van der Waals surface area contributed by atoms with Crippen molar-refractivity contribution >= 4 is 26.8 Å². The van der Waals surface area contributed by atoms with Gasteiger partial charge in [0.25, 0.3) is 10.0 Å². The molecule has 1 aromatic heterocycles. The molecule has 1 aliphatic carbocycles. The van der Waals surface area contributed by atoms with Crippen LogP contribution in [-0.4, -0.2) is 19.3 Å². The number of nitrogens with one attached hydrogen (secondary N) is 1. The van der Waals surface area contributed by atoms with E-state index < -0.39 is 10.0 Å². The average molecular weight is 318 g/mol. The van der Waals surface area contributed by atoms with Crippen molar-refractivity contribution in [2.75, 3.05) is 0 Å². The van der Waals surface area contributed by atoms with E-state index in [0.717, 1.165) is 32.1 Å². The van der Waals surface area contributed by atoms with E-state index in [-0.39, 0.29) is 16.7 Å². The lowest BCUT2D eigenvalue weighted by Crippen LogP contribution is -2.36. The molecule has 0 bridgehead atoms. The number of pyridine rings is 1. The number of sulfonamides is 1. The minimum atomic E-state index is -3.87. The Kier molecular flexibility index (Phi) is 4.11. The van der Waals surface area contributed by atoms with Gasteiger partial charge in [-0.25, -0.2) is 13.1 Å². The first-order chi connectivity index (χ1) is 10.6. The predicted molar refractivity (Wildman–Crippen MR) is 83.6 cm³/mol. The summed E-state index contributed by atoms with van der Waals surface area (Å²) in [6.45, 7) is 0. The minimum Gasteiger partial charge on any atom is -0.274 e. The minimum absolute atomic E-state index is 0.0993. The van der Waals surface area contributed by atoms with Crippen molar-refractivity contribution in [2.45, 2.75) is 37.0 Å². The van der Waals surface area contributed by atoms with E-state index in [1.54, 1.807) is 30.5 Å². The van der Waals surface area contributed by atoms with E-state index in [1.165, 1.54) is 6.07 Å². The molecule has 0 unspecified atom stereocenters. The Morgan fingerprint density at radius 2 is 1.86 bits per heavy atom. The number of fused-ring (bicyclic) bond motifs is 1. The van der Waals surface area contributed by atoms with Crippen LogP contribution < -0.4 is 4.72 Å². The van der Waals surface area contributed by atoms with E-state index in [9.17, 15) is 13.2 Å². The first-order valence-corrected chi connectivity index (χ1v) is 8.97. The highest BCUT2D eigenvalue weighted by Crippen LogP contribution is 2.25. The van der Waals surface area contributed by atoms with Gasteiger partial charge in [-0.15, -0.1) is 0 Å². The van der Waals surface area contributed by atoms with Gasteiger partial charge in [0.2, 0.25) is 5.91 Å². The molecule has 0 radical (unpaired) electrons. The van der Waals surface area contributed by atoms with Crippen LogP contribution in [0.4, 0.5) is 0 Å². The standard InChI is InChI=1S/C16H18N2O3S/c19-16(12-6-2-1-3-7-12)18-22(20,21)15-10-4-9-14-13(15)8-5-11-17-14/h4-5,8-12H,1-3,6-7H2,(H,18,19). The molecule has 1 heterocycles. The first kappa shape index (κ1) is 15.0. The van der Waals surface area contributed by atoms with Gasteiger partial charge in [0.15, 0.2) is 0 Å². The van der Waals surface area contributed by atoms with E-state index in [2.05, 4.69) is 9.71 Å². The number of aromatic nitrogens is 1. The van der Waals surface area contributed by atoms with Crippen LogP contribution >= 0.6 is 0 Å². The topological polar surface area (TPSA) is 76.1 Å². The summed E-state index contributed by atoms with van der Waals surface area (Å²) < 4.78 is 27.3. The van der Waals surface area contributed by atoms with Gasteiger partial charge in [-0.1, -0.05) is 25.3 Å². The quantitative estimate of drug-likeness (QED) is 0.944. The van der Waals surface area contributed by atoms with Gasteiger partial charge in [0.05, 0.1) is 10.4 Å². The molecule has 0 saturated heterocycles. The number of hydrogen-bond donors (Lipinski definition) is 1. The molecule has 0 atom stereocenters. The van der Waals surface area contributed by atoms with Crippen LogP contribution in [0.3, 0.4) is 0 Å². The van der Waals surface area contributed by atoms with E-state index in [4.69, 9.17) is 0 Å². The summed E-state index contributed by atoms with van der Waals surface area (Å²) in [5.41, 5.74) is 0.593. The van der Waals surface area contributed by atoms with Crippen molar-refractivity contribution in [1.82, 2.24) is 9.71 Å². The summed E-state index contributed by atoms with van der Waals surface area (Å²) >= 11 is 0. The van der Waals surface area contributed by atoms with Crippen molar-refractivity contribution in [3.05, 3.63) is 36.5 Å². The molecule has 116 valence electrons. The number of nitrogens with zero attached hydrogens (tertiary/aromatic N) is 1. The van der Waals surface area contributed by atoms with Gasteiger partial charge in [0.1, 0.15) is 0 Å². The summed E-state index contributed by atoms with van der Waals surface area (Å²) in [6, 6.07) is 8.26. The lowest BCUT2D eigenvalue weighted by molar-refractivity contribution is -0.124. The molecular weight excluding hydrogens is 300 g/mol. The van der Waals surface area contributed by atoms with Gasteiger partial charge in [-0.3, -0.25) is 9.78 Å². The lowest BCUT2D eigenvalue weighted by Gasteiger charge is -2.20. The molecule has 22 heavy (non-hydrogen) atoms. The molecule has 1 N–H and O–H groups in total. The van der Waals surface area contributed by atoms with Crippen LogP contribution in [0.25, 0.3) is 10.9 Å². The molecule has 5 nitrogen and oxygen atoms in total. The Morgan fingerprint density at radius 1 is 1.09 bits per heavy atom. The van der Waals surface area contributed by atoms with E-state index >= 15 is 0 Å². The van der Waals surface area contributed by atoms with Crippen molar-refractivity contribution in [3.63, 3.8) is 0 Å². The zero-order valence-electron chi connectivity index (χ0n) is 12.2. The fourth-order valence-corrected chi connectivity index (χ4v) is 4.21. The highest BCUT2D eigenvalue weighted by molar-refractivity contribution is 7.90. The largest absolute Gasteiger partial charge is 0.274 e. The molecule has 2 aromatic rings. The molecule has 6 heteroatoms. The van der Waals surface area contributed by atoms with Gasteiger partial charge in [-0.05, 0) is 37.1 Å². The molecule has 0 spiro atoms. The average Bonchev–Trinajstić information content (AvgIpc) is 2.54. The fourth-order valence-electron chi connectivity index (χ4n) is 2.94. The highest BCUT2D eigenvalue weighted by atomic mass is 32.2. The maximum Gasteiger partial charge on any atom is 0.264 e. The monoisotopic (exact) mass is 318 g/mol. The lowest BCUT2D eigenvalue weighted by atomic mass is 9.89. The Labute approximate surface area is 129 Å². The van der Waals surface area contributed by atoms with Crippen LogP contribution in [0, 0.1) is 5.92 Å². The molecular formula is C16H18N2O3S. The molecule has 0 aliphatic heterocycles. The summed E-state index contributed by atoms with van der Waals surface area (Å²) in [5.74, 6) is -0.586. The Hall–Kier alpha value is -1.95. The number of hydrogen-bond acceptors (Lipinski definition) is 4. The van der Waals surface area contributed by atoms with Crippen LogP contribution in [0.1, 0.15) is 32.1 Å². The van der Waals surface area contributed by atoms with Gasteiger partial charge in [-0.2, -0.15) is 0 Å². The Morgan fingerprint density at radius 3 is 2.64 bits per heavy atom. The van der Waals surface area contributed by atoms with Crippen molar-refractivity contribution in [1.29, 1.82) is 0 Å². The number of rotatable bonds is 3. The smallest absolute Gasteiger partial charge is 0.264 e. The van der Waals surface area contributed by atoms with Crippen LogP contribution in [0.15, 0.2) is 41.4 Å². The number of carbonyl (C=O) groups excluding carboxylic acids is 1. The van der Waals surface area contributed by atoms with Crippen molar-refractivity contribution < 1.29 is 13.2 Å². The third-order valence-electron chi connectivity index (χ3n) is 4.11. The highest BCUT2D eigenvalue weighted by Gasteiger charge is 2.26. The molecule has 1 aliphatic rings. The van der Waals surface area contributed by atoms with Crippen LogP contribution in [0.5, 0.6) is 0 Å². The van der Waals surface area contributed by atoms with Crippen molar-refractivity contribution in [3.8, 4) is 0 Å². The number of carbonyl (C=O) groups is 1. The zero-order chi connectivity index (χ0) is 15.6. The molecule has 1 amide bonds. The Balaban J connectivity index is 1.90. The van der Waals surface area contributed by atoms with E-state index in [0.29, 0.717) is 10.9 Å². The second-order valence-corrected chi connectivity index (χ2v) is 7.28. The molecule has 1 saturated carbocycles. The van der Waals surface area contributed by atoms with E-state index in [1.807, 2.05) is 0 Å². The number of amides is 1. The first-order valence-electron chi connectivity index (χ1n) is 7.48. The zero-order valence-corrected chi connectivity index (χ0v) is 13.0. The number of benzene rings is 1.